The van der Waals surface area contributed by atoms with E-state index in [2.05, 4.69) is 9.71 Å². The second kappa shape index (κ2) is 7.68. The number of sulfonamides is 1. The van der Waals surface area contributed by atoms with Crippen LogP contribution in [0.2, 0.25) is 0 Å². The summed E-state index contributed by atoms with van der Waals surface area (Å²) in [4.78, 5) is 5.51. The maximum absolute atomic E-state index is 12.7. The second-order valence-corrected chi connectivity index (χ2v) is 9.19. The molecule has 1 aromatic heterocycles. The summed E-state index contributed by atoms with van der Waals surface area (Å²) in [5.74, 6) is 0. The van der Waals surface area contributed by atoms with Gasteiger partial charge in [-0.2, -0.15) is 0 Å². The third-order valence-corrected chi connectivity index (χ3v) is 7.19. The zero-order valence-corrected chi connectivity index (χ0v) is 15.3. The first-order chi connectivity index (χ1) is 11.5. The first-order valence-corrected chi connectivity index (χ1v) is 10.6. The van der Waals surface area contributed by atoms with Crippen molar-refractivity contribution in [2.75, 3.05) is 0 Å². The van der Waals surface area contributed by atoms with Gasteiger partial charge in [0, 0.05) is 28.6 Å². The van der Waals surface area contributed by atoms with Crippen LogP contribution in [0.15, 0.2) is 58.6 Å². The van der Waals surface area contributed by atoms with Crippen molar-refractivity contribution in [1.29, 1.82) is 0 Å². The normalized spacial score (nSPS) is 21.5. The van der Waals surface area contributed by atoms with Crippen LogP contribution in [0.3, 0.4) is 0 Å². The molecule has 1 aliphatic carbocycles. The van der Waals surface area contributed by atoms with E-state index >= 15 is 0 Å². The van der Waals surface area contributed by atoms with Crippen LogP contribution in [0.25, 0.3) is 0 Å². The van der Waals surface area contributed by atoms with E-state index in [0.29, 0.717) is 4.90 Å². The smallest absolute Gasteiger partial charge is 0.240 e. The van der Waals surface area contributed by atoms with Gasteiger partial charge in [-0.15, -0.1) is 11.8 Å². The molecule has 1 fully saturated rings. The van der Waals surface area contributed by atoms with Gasteiger partial charge in [0.1, 0.15) is 0 Å². The molecule has 2 aromatic rings. The molecule has 1 N–H and O–H groups in total. The Hall–Kier alpha value is -1.37. The van der Waals surface area contributed by atoms with Gasteiger partial charge in [0.25, 0.3) is 0 Å². The van der Waals surface area contributed by atoms with Gasteiger partial charge in [0.15, 0.2) is 0 Å². The van der Waals surface area contributed by atoms with Crippen LogP contribution in [0.1, 0.15) is 31.2 Å². The average molecular weight is 363 g/mol. The third-order valence-electron chi connectivity index (χ3n) is 4.28. The average Bonchev–Trinajstić information content (AvgIpc) is 2.58. The molecule has 1 saturated carbocycles. The Labute approximate surface area is 148 Å². The molecule has 0 bridgehead atoms. The summed E-state index contributed by atoms with van der Waals surface area (Å²) in [6, 6.07) is 10.9. The second-order valence-electron chi connectivity index (χ2n) is 6.16. The quantitative estimate of drug-likeness (QED) is 0.879. The largest absolute Gasteiger partial charge is 0.265 e. The van der Waals surface area contributed by atoms with Crippen LogP contribution in [-0.2, 0) is 10.0 Å². The number of hydrogen-bond donors (Lipinski definition) is 1. The topological polar surface area (TPSA) is 59.1 Å². The molecule has 6 heteroatoms. The maximum atomic E-state index is 12.7. The SMILES string of the molecule is Cc1ccc(S(=O)(=O)N[C@@H]2CCCC[C@H]2Sc2ccncc2)cc1. The van der Waals surface area contributed by atoms with Gasteiger partial charge in [-0.1, -0.05) is 30.5 Å². The first-order valence-electron chi connectivity index (χ1n) is 8.20. The van der Waals surface area contributed by atoms with E-state index < -0.39 is 10.0 Å². The number of benzene rings is 1. The van der Waals surface area contributed by atoms with Gasteiger partial charge < -0.3 is 0 Å². The molecule has 1 aromatic carbocycles. The van der Waals surface area contributed by atoms with E-state index in [4.69, 9.17) is 0 Å². The molecule has 0 amide bonds. The van der Waals surface area contributed by atoms with E-state index in [1.165, 1.54) is 0 Å². The minimum atomic E-state index is -3.48. The molecule has 0 unspecified atom stereocenters. The summed E-state index contributed by atoms with van der Waals surface area (Å²) < 4.78 is 28.3. The van der Waals surface area contributed by atoms with Crippen molar-refractivity contribution >= 4 is 21.8 Å². The lowest BCUT2D eigenvalue weighted by Crippen LogP contribution is -2.43. The number of aromatic nitrogens is 1. The van der Waals surface area contributed by atoms with Gasteiger partial charge >= 0.3 is 0 Å². The molecule has 4 nitrogen and oxygen atoms in total. The molecule has 2 atom stereocenters. The van der Waals surface area contributed by atoms with E-state index in [0.717, 1.165) is 36.1 Å². The molecule has 1 heterocycles. The molecule has 3 rings (SSSR count). The Bertz CT molecular complexity index is 761. The summed E-state index contributed by atoms with van der Waals surface area (Å²) >= 11 is 1.74. The predicted octanol–water partition coefficient (Wildman–Crippen LogP) is 3.77. The van der Waals surface area contributed by atoms with Crippen molar-refractivity contribution < 1.29 is 8.42 Å². The predicted molar refractivity (Wildman–Crippen MR) is 97.6 cm³/mol. The van der Waals surface area contributed by atoms with Crippen molar-refractivity contribution in [3.05, 3.63) is 54.4 Å². The molecule has 0 aliphatic heterocycles. The van der Waals surface area contributed by atoms with Crippen LogP contribution in [0.5, 0.6) is 0 Å². The number of nitrogens with zero attached hydrogens (tertiary/aromatic N) is 1. The van der Waals surface area contributed by atoms with E-state index in [-0.39, 0.29) is 11.3 Å². The van der Waals surface area contributed by atoms with Crippen LogP contribution in [0.4, 0.5) is 0 Å². The highest BCUT2D eigenvalue weighted by atomic mass is 32.2. The van der Waals surface area contributed by atoms with Gasteiger partial charge in [-0.05, 0) is 44.0 Å². The lowest BCUT2D eigenvalue weighted by Gasteiger charge is -2.31. The number of rotatable bonds is 5. The fourth-order valence-corrected chi connectivity index (χ4v) is 5.63. The standard InChI is InChI=1S/C18H22N2O2S2/c1-14-6-8-16(9-7-14)24(21,22)20-17-4-2-3-5-18(17)23-15-10-12-19-13-11-15/h6-13,17-18,20H,2-5H2,1H3/t17-,18-/m1/s1. The van der Waals surface area contributed by atoms with Crippen molar-refractivity contribution in [3.8, 4) is 0 Å². The van der Waals surface area contributed by atoms with Crippen molar-refractivity contribution in [2.45, 2.75) is 53.7 Å². The molecule has 0 radical (unpaired) electrons. The molecule has 24 heavy (non-hydrogen) atoms. The first kappa shape index (κ1) is 17.5. The van der Waals surface area contributed by atoms with E-state index in [1.807, 2.05) is 31.2 Å². The number of thioether (sulfide) groups is 1. The number of pyridine rings is 1. The Kier molecular flexibility index (Phi) is 5.58. The summed E-state index contributed by atoms with van der Waals surface area (Å²) in [6.45, 7) is 1.95. The third kappa shape index (κ3) is 4.37. The van der Waals surface area contributed by atoms with Crippen LogP contribution < -0.4 is 4.72 Å². The zero-order valence-electron chi connectivity index (χ0n) is 13.7. The summed E-state index contributed by atoms with van der Waals surface area (Å²) in [5, 5.41) is 0.251. The lowest BCUT2D eigenvalue weighted by atomic mass is 9.96. The van der Waals surface area contributed by atoms with Crippen LogP contribution in [0, 0.1) is 6.92 Å². The molecule has 0 spiro atoms. The fourth-order valence-electron chi connectivity index (χ4n) is 2.95. The zero-order chi connectivity index (χ0) is 17.0. The Morgan fingerprint density at radius 1 is 1.04 bits per heavy atom. The summed E-state index contributed by atoms with van der Waals surface area (Å²) in [6.07, 6.45) is 7.66. The molecule has 0 saturated heterocycles. The lowest BCUT2D eigenvalue weighted by molar-refractivity contribution is 0.423. The monoisotopic (exact) mass is 362 g/mol. The number of hydrogen-bond acceptors (Lipinski definition) is 4. The highest BCUT2D eigenvalue weighted by Gasteiger charge is 2.30. The molecule has 1 aliphatic rings. The maximum Gasteiger partial charge on any atom is 0.240 e. The summed E-state index contributed by atoms with van der Waals surface area (Å²) in [7, 11) is -3.48. The Morgan fingerprint density at radius 3 is 2.42 bits per heavy atom. The summed E-state index contributed by atoms with van der Waals surface area (Å²) in [5.41, 5.74) is 1.05. The van der Waals surface area contributed by atoms with Gasteiger partial charge in [-0.25, -0.2) is 13.1 Å². The highest BCUT2D eigenvalue weighted by molar-refractivity contribution is 8.00. The molecular weight excluding hydrogens is 340 g/mol. The van der Waals surface area contributed by atoms with Gasteiger partial charge in [0.05, 0.1) is 4.90 Å². The number of nitrogens with one attached hydrogen (secondary N) is 1. The van der Waals surface area contributed by atoms with Crippen molar-refractivity contribution in [2.24, 2.45) is 0 Å². The molecular formula is C18H22N2O2S2. The minimum Gasteiger partial charge on any atom is -0.265 e. The Balaban J connectivity index is 1.74. The van der Waals surface area contributed by atoms with E-state index in [1.54, 1.807) is 36.3 Å². The minimum absolute atomic E-state index is 0.0387. The van der Waals surface area contributed by atoms with Crippen molar-refractivity contribution in [3.63, 3.8) is 0 Å². The van der Waals surface area contributed by atoms with Gasteiger partial charge in [-0.3, -0.25) is 4.98 Å². The van der Waals surface area contributed by atoms with Crippen molar-refractivity contribution in [1.82, 2.24) is 9.71 Å². The highest BCUT2D eigenvalue weighted by Crippen LogP contribution is 2.34. The van der Waals surface area contributed by atoms with Crippen LogP contribution >= 0.6 is 11.8 Å². The molecule has 128 valence electrons. The van der Waals surface area contributed by atoms with Crippen LogP contribution in [-0.4, -0.2) is 24.7 Å². The number of aryl methyl sites for hydroxylation is 1. The van der Waals surface area contributed by atoms with E-state index in [9.17, 15) is 8.42 Å². The van der Waals surface area contributed by atoms with Gasteiger partial charge in [0.2, 0.25) is 10.0 Å². The fraction of sp³-hybridized carbons (Fsp3) is 0.389. The Morgan fingerprint density at radius 2 is 1.71 bits per heavy atom.